The number of tetrazole rings is 1. The summed E-state index contributed by atoms with van der Waals surface area (Å²) >= 11 is 0. The van der Waals surface area contributed by atoms with Crippen LogP contribution in [0.1, 0.15) is 49.3 Å². The minimum absolute atomic E-state index is 0.225. The fourth-order valence-corrected chi connectivity index (χ4v) is 4.03. The molecule has 0 radical (unpaired) electrons. The molecule has 1 N–H and O–H groups in total. The zero-order valence-electron chi connectivity index (χ0n) is 17.3. The molecular weight excluding hydrogens is 369 g/mol. The standard InChI is InChI=1S/C22H26FN5O/c1-22(2,3)28-21(24-25-26-28)20(18-10-9-17(23)13-19(18)29-4)27-12-11-15-7-5-6-8-16(15)14-27/h5-10,13,20H,11-12,14H2,1-4H3/p+1. The molecule has 1 aromatic heterocycles. The van der Waals surface area contributed by atoms with Crippen LogP contribution < -0.4 is 9.42 Å². The molecule has 0 aliphatic carbocycles. The third-order valence-corrected chi connectivity index (χ3v) is 5.46. The number of H-pyrrole nitrogens is 1. The fraction of sp³-hybridized carbons (Fsp3) is 0.409. The van der Waals surface area contributed by atoms with Crippen LogP contribution in [-0.2, 0) is 18.5 Å². The van der Waals surface area contributed by atoms with E-state index >= 15 is 0 Å². The normalized spacial score (nSPS) is 15.8. The second kappa shape index (κ2) is 7.55. The monoisotopic (exact) mass is 396 g/mol. The van der Waals surface area contributed by atoms with E-state index < -0.39 is 0 Å². The Balaban J connectivity index is 1.85. The maximum Gasteiger partial charge on any atom is 0.323 e. The number of hydrogen-bond acceptors (Lipinski definition) is 4. The second-order valence-electron chi connectivity index (χ2n) is 8.44. The van der Waals surface area contributed by atoms with Crippen LogP contribution in [0.25, 0.3) is 0 Å². The Kier molecular flexibility index (Phi) is 5.08. The number of methoxy groups -OCH3 is 1. The first kappa shape index (κ1) is 19.5. The van der Waals surface area contributed by atoms with Crippen LogP contribution in [0.4, 0.5) is 4.39 Å². The van der Waals surface area contributed by atoms with E-state index in [2.05, 4.69) is 65.5 Å². The van der Waals surface area contributed by atoms with Crippen molar-refractivity contribution in [1.82, 2.24) is 20.4 Å². The van der Waals surface area contributed by atoms with Crippen molar-refractivity contribution in [3.63, 3.8) is 0 Å². The van der Waals surface area contributed by atoms with E-state index in [1.54, 1.807) is 13.2 Å². The fourth-order valence-electron chi connectivity index (χ4n) is 4.03. The number of aromatic nitrogens is 4. The van der Waals surface area contributed by atoms with E-state index in [9.17, 15) is 4.39 Å². The molecule has 2 aromatic carbocycles. The predicted molar refractivity (Wildman–Crippen MR) is 107 cm³/mol. The molecule has 29 heavy (non-hydrogen) atoms. The Hall–Kier alpha value is -2.80. The lowest BCUT2D eigenvalue weighted by molar-refractivity contribution is -0.813. The van der Waals surface area contributed by atoms with Gasteiger partial charge in [0.1, 0.15) is 28.2 Å². The molecule has 4 rings (SSSR count). The van der Waals surface area contributed by atoms with Crippen LogP contribution in [-0.4, -0.2) is 34.1 Å². The highest BCUT2D eigenvalue weighted by atomic mass is 19.1. The maximum absolute atomic E-state index is 13.9. The van der Waals surface area contributed by atoms with Gasteiger partial charge in [0.25, 0.3) is 0 Å². The molecule has 0 spiro atoms. The molecule has 1 aliphatic rings. The van der Waals surface area contributed by atoms with E-state index in [0.29, 0.717) is 5.75 Å². The zero-order chi connectivity index (χ0) is 20.6. The molecule has 0 bridgehead atoms. The smallest absolute Gasteiger partial charge is 0.323 e. The summed E-state index contributed by atoms with van der Waals surface area (Å²) in [7, 11) is 1.57. The summed E-state index contributed by atoms with van der Waals surface area (Å²) in [6.45, 7) is 7.93. The summed E-state index contributed by atoms with van der Waals surface area (Å²) in [5.74, 6) is 0.969. The average Bonchev–Trinajstić information content (AvgIpc) is 3.19. The van der Waals surface area contributed by atoms with Gasteiger partial charge in [0.2, 0.25) is 0 Å². The lowest BCUT2D eigenvalue weighted by Gasteiger charge is -2.34. The van der Waals surface area contributed by atoms with E-state index in [-0.39, 0.29) is 17.4 Å². The molecule has 0 amide bonds. The molecule has 0 fully saturated rings. The van der Waals surface area contributed by atoms with Gasteiger partial charge in [-0.25, -0.2) is 4.39 Å². The van der Waals surface area contributed by atoms with Crippen LogP contribution in [0.3, 0.4) is 0 Å². The van der Waals surface area contributed by atoms with Crippen molar-refractivity contribution in [2.75, 3.05) is 13.7 Å². The van der Waals surface area contributed by atoms with Crippen LogP contribution in [0, 0.1) is 5.82 Å². The minimum Gasteiger partial charge on any atom is -0.496 e. The SMILES string of the molecule is COc1cc(F)ccc1C(c1nn[nH][n+]1C(C)(C)C)N1CCc2ccccc2C1. The first-order valence-electron chi connectivity index (χ1n) is 9.86. The Morgan fingerprint density at radius 1 is 1.17 bits per heavy atom. The number of nitrogens with zero attached hydrogens (tertiary/aromatic N) is 4. The summed E-state index contributed by atoms with van der Waals surface area (Å²) < 4.78 is 21.4. The van der Waals surface area contributed by atoms with Gasteiger partial charge in [-0.1, -0.05) is 35.5 Å². The number of halogens is 1. The van der Waals surface area contributed by atoms with E-state index in [1.807, 2.05) is 4.68 Å². The minimum atomic E-state index is -0.322. The van der Waals surface area contributed by atoms with Gasteiger partial charge in [0.05, 0.1) is 7.11 Å². The van der Waals surface area contributed by atoms with Crippen molar-refractivity contribution in [3.8, 4) is 5.75 Å². The summed E-state index contributed by atoms with van der Waals surface area (Å²) in [5.41, 5.74) is 3.31. The van der Waals surface area contributed by atoms with Crippen molar-refractivity contribution in [3.05, 3.63) is 70.8 Å². The molecule has 1 atom stereocenters. The van der Waals surface area contributed by atoms with E-state index in [1.165, 1.54) is 23.3 Å². The van der Waals surface area contributed by atoms with Gasteiger partial charge in [-0.05, 0) is 44.4 Å². The molecule has 3 aromatic rings. The predicted octanol–water partition coefficient (Wildman–Crippen LogP) is 3.14. The van der Waals surface area contributed by atoms with E-state index in [4.69, 9.17) is 4.74 Å². The van der Waals surface area contributed by atoms with Gasteiger partial charge in [0, 0.05) is 24.7 Å². The van der Waals surface area contributed by atoms with Crippen LogP contribution in [0.15, 0.2) is 42.5 Å². The van der Waals surface area contributed by atoms with Gasteiger partial charge in [-0.3, -0.25) is 4.90 Å². The number of benzene rings is 2. The first-order valence-corrected chi connectivity index (χ1v) is 9.86. The highest BCUT2D eigenvalue weighted by Crippen LogP contribution is 2.36. The number of rotatable bonds is 4. The molecule has 6 nitrogen and oxygen atoms in total. The Labute approximate surface area is 170 Å². The van der Waals surface area contributed by atoms with Gasteiger partial charge in [0.15, 0.2) is 5.21 Å². The molecule has 0 saturated heterocycles. The van der Waals surface area contributed by atoms with Crippen molar-refractivity contribution in [1.29, 1.82) is 0 Å². The molecule has 0 saturated carbocycles. The van der Waals surface area contributed by atoms with E-state index in [0.717, 1.165) is 30.9 Å². The number of nitrogens with one attached hydrogen (secondary N) is 1. The lowest BCUT2D eigenvalue weighted by atomic mass is 9.95. The Morgan fingerprint density at radius 3 is 2.66 bits per heavy atom. The summed E-state index contributed by atoms with van der Waals surface area (Å²) in [6, 6.07) is 13.0. The average molecular weight is 396 g/mol. The molecule has 1 unspecified atom stereocenters. The van der Waals surface area contributed by atoms with Gasteiger partial charge in [-0.15, -0.1) is 0 Å². The summed E-state index contributed by atoms with van der Waals surface area (Å²) in [5, 5.41) is 11.6. The highest BCUT2D eigenvalue weighted by molar-refractivity contribution is 5.40. The first-order chi connectivity index (χ1) is 13.9. The van der Waals surface area contributed by atoms with Gasteiger partial charge < -0.3 is 4.74 Å². The molecule has 152 valence electrons. The zero-order valence-corrected chi connectivity index (χ0v) is 17.3. The molecule has 1 aliphatic heterocycles. The number of fused-ring (bicyclic) bond motifs is 1. The maximum atomic E-state index is 13.9. The lowest BCUT2D eigenvalue weighted by Crippen LogP contribution is -2.56. The molecule has 7 heteroatoms. The number of aromatic amines is 1. The highest BCUT2D eigenvalue weighted by Gasteiger charge is 2.39. The molecular formula is C22H27FN5O+. The number of hydrogen-bond donors (Lipinski definition) is 1. The van der Waals surface area contributed by atoms with Crippen LogP contribution in [0.2, 0.25) is 0 Å². The quantitative estimate of drug-likeness (QED) is 0.689. The second-order valence-corrected chi connectivity index (χ2v) is 8.44. The Morgan fingerprint density at radius 2 is 1.93 bits per heavy atom. The van der Waals surface area contributed by atoms with Crippen molar-refractivity contribution in [2.24, 2.45) is 0 Å². The van der Waals surface area contributed by atoms with Crippen molar-refractivity contribution < 1.29 is 13.8 Å². The van der Waals surface area contributed by atoms with Gasteiger partial charge >= 0.3 is 5.82 Å². The summed E-state index contributed by atoms with van der Waals surface area (Å²) in [4.78, 5) is 2.36. The third kappa shape index (κ3) is 3.74. The van der Waals surface area contributed by atoms with Crippen LogP contribution in [0.5, 0.6) is 5.75 Å². The van der Waals surface area contributed by atoms with Crippen LogP contribution >= 0.6 is 0 Å². The largest absolute Gasteiger partial charge is 0.496 e. The topological polar surface area (TPSA) is 57.9 Å². The Bertz CT molecular complexity index is 1010. The third-order valence-electron chi connectivity index (χ3n) is 5.46. The van der Waals surface area contributed by atoms with Crippen molar-refractivity contribution >= 4 is 0 Å². The number of ether oxygens (including phenoxy) is 1. The summed E-state index contributed by atoms with van der Waals surface area (Å²) in [6.07, 6.45) is 0.948. The van der Waals surface area contributed by atoms with Crippen molar-refractivity contribution in [2.45, 2.75) is 45.3 Å². The molecule has 2 heterocycles. The van der Waals surface area contributed by atoms with Gasteiger partial charge in [-0.2, -0.15) is 4.68 Å².